The van der Waals surface area contributed by atoms with E-state index in [1.165, 1.54) is 192 Å². The van der Waals surface area contributed by atoms with Gasteiger partial charge in [0, 0.05) is 39.2 Å². The quantitative estimate of drug-likeness (QED) is 0.0457. The number of carboxylic acids is 1. The van der Waals surface area contributed by atoms with E-state index < -0.39 is 10.7 Å². The molecule has 10 heteroatoms. The van der Waals surface area contributed by atoms with Crippen molar-refractivity contribution in [3.63, 3.8) is 0 Å². The first-order chi connectivity index (χ1) is 30.8. The second-order valence-corrected chi connectivity index (χ2v) is 22.6. The molecule has 0 bridgehead atoms. The Kier molecular flexibility index (Phi) is 52.0. The number of aliphatic hydroxyl groups excluding tert-OH is 1. The van der Waals surface area contributed by atoms with Crippen LogP contribution in [0.2, 0.25) is 0 Å². The number of thioether (sulfide) groups is 2. The lowest BCUT2D eigenvalue weighted by Gasteiger charge is -2.30. The summed E-state index contributed by atoms with van der Waals surface area (Å²) in [6.45, 7) is 24.5. The van der Waals surface area contributed by atoms with Gasteiger partial charge in [-0.1, -0.05) is 255 Å². The van der Waals surface area contributed by atoms with Crippen molar-refractivity contribution in [1.82, 2.24) is 9.80 Å². The largest absolute Gasteiger partial charge is 0.480 e. The highest BCUT2D eigenvalue weighted by atomic mass is 32.2. The smallest absolute Gasteiger partial charge is 0.319 e. The van der Waals surface area contributed by atoms with E-state index in [0.717, 1.165) is 49.8 Å². The molecule has 0 heterocycles. The highest BCUT2D eigenvalue weighted by Gasteiger charge is 2.35. The molecule has 0 aliphatic carbocycles. The molecule has 0 fully saturated rings. The zero-order chi connectivity index (χ0) is 48.7. The summed E-state index contributed by atoms with van der Waals surface area (Å²) in [5.41, 5.74) is 0. The number of hydrogen-bond acceptors (Lipinski definition) is 7. The van der Waals surface area contributed by atoms with Crippen molar-refractivity contribution in [2.24, 2.45) is 0 Å². The van der Waals surface area contributed by atoms with Crippen molar-refractivity contribution in [2.45, 2.75) is 291 Å². The minimum Gasteiger partial charge on any atom is -0.480 e. The van der Waals surface area contributed by atoms with E-state index >= 15 is 0 Å². The molecule has 0 aliphatic rings. The summed E-state index contributed by atoms with van der Waals surface area (Å²) in [7, 11) is 0. The molecule has 0 aromatic heterocycles. The Morgan fingerprint density at radius 1 is 0.422 bits per heavy atom. The van der Waals surface area contributed by atoms with E-state index in [0.29, 0.717) is 29.6 Å². The van der Waals surface area contributed by atoms with E-state index in [9.17, 15) is 9.59 Å². The maximum atomic E-state index is 12.9. The predicted octanol–water partition coefficient (Wildman–Crippen LogP) is 17.8. The number of carbonyl (C=O) groups is 2. The number of carbonyl (C=O) groups excluding carboxylic acids is 1. The summed E-state index contributed by atoms with van der Waals surface area (Å²) < 4.78 is 0.376. The van der Waals surface area contributed by atoms with E-state index in [1.54, 1.807) is 18.7 Å². The summed E-state index contributed by atoms with van der Waals surface area (Å²) >= 11 is 13.7. The summed E-state index contributed by atoms with van der Waals surface area (Å²) in [5, 5.41) is 17.8. The molecule has 382 valence electrons. The molecule has 0 rings (SSSR count). The summed E-state index contributed by atoms with van der Waals surface area (Å²) in [6, 6.07) is 0. The molecule has 64 heavy (non-hydrogen) atoms. The molecule has 0 saturated carbocycles. The van der Waals surface area contributed by atoms with Crippen molar-refractivity contribution in [2.75, 3.05) is 32.8 Å². The fourth-order valence-corrected chi connectivity index (χ4v) is 11.2. The third-order valence-corrected chi connectivity index (χ3v) is 16.6. The van der Waals surface area contributed by atoms with Crippen molar-refractivity contribution in [3.8, 4) is 0 Å². The van der Waals surface area contributed by atoms with Gasteiger partial charge in [0.25, 0.3) is 0 Å². The zero-order valence-electron chi connectivity index (χ0n) is 44.1. The number of nitrogens with zero attached hydrogens (tertiary/aromatic N) is 2. The minimum absolute atomic E-state index is 0.365. The lowest BCUT2D eigenvalue weighted by Crippen LogP contribution is -2.36. The lowest BCUT2D eigenvalue weighted by atomic mass is 9.97. The van der Waals surface area contributed by atoms with Gasteiger partial charge < -0.3 is 20.0 Å². The fourth-order valence-electron chi connectivity index (χ4n) is 7.48. The van der Waals surface area contributed by atoms with Crippen molar-refractivity contribution >= 4 is 68.4 Å². The van der Waals surface area contributed by atoms with Gasteiger partial charge >= 0.3 is 5.97 Å². The van der Waals surface area contributed by atoms with Crippen molar-refractivity contribution < 1.29 is 19.8 Å². The van der Waals surface area contributed by atoms with Crippen LogP contribution in [0, 0.1) is 0 Å². The lowest BCUT2D eigenvalue weighted by molar-refractivity contribution is -0.139. The molecule has 0 amide bonds. The standard InChI is InChI=1S/C27H53NOS2.C17H36O.C10H19NO2S2/c1-6-10-11-12-13-14-15-16-17-18-19-20-21-22-23-24-25(29)27(5,7-2)31-26(30)28(8-3)9-4;1-2-3-4-5-6-7-8-9-10-11-12-13-14-15-16-17-18;1-5-10(4,8(12)13)15-9(14)11(6-2)7-3/h6-24H2,1-5H3;18H,2-17H2,1H3;5-7H2,1-4H3,(H,12,13). The maximum Gasteiger partial charge on any atom is 0.319 e. The Morgan fingerprint density at radius 2 is 0.672 bits per heavy atom. The SMILES string of the molecule is CCCCCCCCCCCCCCCCCC(=O)C(C)(CC)SC(=S)N(CC)CC.CCCCCCCCCCCCCCCCCO.CCN(CC)C(=S)SC(C)(CC)C(=O)O. The van der Waals surface area contributed by atoms with Crippen molar-refractivity contribution in [1.29, 1.82) is 0 Å². The Labute approximate surface area is 418 Å². The van der Waals surface area contributed by atoms with Crippen LogP contribution >= 0.6 is 48.0 Å². The van der Waals surface area contributed by atoms with Gasteiger partial charge in [-0.3, -0.25) is 9.59 Å². The zero-order valence-corrected chi connectivity index (χ0v) is 47.4. The number of hydrogen-bond donors (Lipinski definition) is 2. The average molecular weight is 978 g/mol. The van der Waals surface area contributed by atoms with E-state index in [2.05, 4.69) is 46.4 Å². The second-order valence-electron chi connectivity index (χ2n) is 18.4. The average Bonchev–Trinajstić information content (AvgIpc) is 3.28. The van der Waals surface area contributed by atoms with Crippen LogP contribution in [0.25, 0.3) is 0 Å². The predicted molar refractivity (Wildman–Crippen MR) is 298 cm³/mol. The Hall–Kier alpha value is -0.420. The van der Waals surface area contributed by atoms with Gasteiger partial charge in [-0.2, -0.15) is 0 Å². The van der Waals surface area contributed by atoms with Crippen LogP contribution in [0.15, 0.2) is 0 Å². The maximum absolute atomic E-state index is 12.9. The van der Waals surface area contributed by atoms with Crippen LogP contribution < -0.4 is 0 Å². The third kappa shape index (κ3) is 39.6. The number of rotatable bonds is 41. The van der Waals surface area contributed by atoms with E-state index in [-0.39, 0.29) is 4.75 Å². The summed E-state index contributed by atoms with van der Waals surface area (Å²) in [6.07, 6.45) is 43.2. The number of thiocarbonyl (C=S) groups is 2. The molecule has 0 spiro atoms. The normalized spacial score (nSPS) is 12.9. The first kappa shape index (κ1) is 67.8. The molecule has 0 aliphatic heterocycles. The first-order valence-electron chi connectivity index (χ1n) is 27.1. The third-order valence-electron chi connectivity index (χ3n) is 12.8. The van der Waals surface area contributed by atoms with Crippen molar-refractivity contribution in [3.05, 3.63) is 0 Å². The Morgan fingerprint density at radius 3 is 0.906 bits per heavy atom. The van der Waals surface area contributed by atoms with Crippen LogP contribution in [-0.2, 0) is 9.59 Å². The fraction of sp³-hybridized carbons (Fsp3) is 0.926. The summed E-state index contributed by atoms with van der Waals surface area (Å²) in [5.74, 6) is -0.422. The van der Waals surface area contributed by atoms with E-state index in [1.807, 2.05) is 25.7 Å². The number of ketones is 1. The molecule has 2 atom stereocenters. The molecular formula is C54H108N2O4S4. The summed E-state index contributed by atoms with van der Waals surface area (Å²) in [4.78, 5) is 28.1. The van der Waals surface area contributed by atoms with E-state index in [4.69, 9.17) is 34.6 Å². The molecule has 6 nitrogen and oxygen atoms in total. The van der Waals surface area contributed by atoms with Crippen LogP contribution in [0.1, 0.15) is 281 Å². The van der Waals surface area contributed by atoms with Gasteiger partial charge in [0.1, 0.15) is 19.2 Å². The molecule has 0 saturated heterocycles. The van der Waals surface area contributed by atoms with Gasteiger partial charge in [-0.15, -0.1) is 0 Å². The molecule has 0 aromatic carbocycles. The monoisotopic (exact) mass is 977 g/mol. The topological polar surface area (TPSA) is 81.1 Å². The number of unbranched alkanes of at least 4 members (excludes halogenated alkanes) is 28. The molecular weight excluding hydrogens is 869 g/mol. The number of Topliss-reactive ketones (excluding diaryl/α,β-unsaturated/α-hetero) is 1. The highest BCUT2D eigenvalue weighted by molar-refractivity contribution is 8.24. The van der Waals surface area contributed by atoms with Gasteiger partial charge in [0.15, 0.2) is 0 Å². The Balaban J connectivity index is -0.000000954. The van der Waals surface area contributed by atoms with Crippen LogP contribution in [0.4, 0.5) is 0 Å². The molecule has 0 radical (unpaired) electrons. The molecule has 2 N–H and O–H groups in total. The van der Waals surface area contributed by atoms with Crippen LogP contribution in [0.5, 0.6) is 0 Å². The molecule has 0 aromatic rings. The molecule has 2 unspecified atom stereocenters. The van der Waals surface area contributed by atoms with Gasteiger partial charge in [-0.05, 0) is 67.2 Å². The number of aliphatic carboxylic acids is 1. The van der Waals surface area contributed by atoms with Gasteiger partial charge in [-0.25, -0.2) is 0 Å². The number of aliphatic hydroxyl groups is 1. The number of carboxylic acid groups (broad SMARTS) is 1. The van der Waals surface area contributed by atoms with Crippen LogP contribution in [-0.4, -0.2) is 82.7 Å². The minimum atomic E-state index is -0.806. The highest BCUT2D eigenvalue weighted by Crippen LogP contribution is 2.34. The van der Waals surface area contributed by atoms with Crippen LogP contribution in [0.3, 0.4) is 0 Å². The van der Waals surface area contributed by atoms with Gasteiger partial charge in [0.2, 0.25) is 0 Å². The first-order valence-corrected chi connectivity index (χ1v) is 29.6. The Bertz CT molecular complexity index is 1060. The second kappa shape index (κ2) is 49.0. The van der Waals surface area contributed by atoms with Gasteiger partial charge in [0.05, 0.1) is 4.75 Å².